The zero-order chi connectivity index (χ0) is 13.8. The molecule has 0 saturated heterocycles. The van der Waals surface area contributed by atoms with Gasteiger partial charge in [0.1, 0.15) is 0 Å². The number of nitrogens with one attached hydrogen (secondary N) is 1. The molecule has 1 N–H and O–H groups in total. The Morgan fingerprint density at radius 2 is 2.16 bits per heavy atom. The molecule has 2 rings (SSSR count). The Kier molecular flexibility index (Phi) is 4.99. The second-order valence-electron chi connectivity index (χ2n) is 4.91. The van der Waals surface area contributed by atoms with E-state index in [2.05, 4.69) is 71.9 Å². The highest BCUT2D eigenvalue weighted by Gasteiger charge is 2.10. The molecule has 0 radical (unpaired) electrons. The first kappa shape index (κ1) is 14.5. The van der Waals surface area contributed by atoms with Gasteiger partial charge in [0.2, 0.25) is 0 Å². The molecule has 0 aliphatic heterocycles. The van der Waals surface area contributed by atoms with Crippen LogP contribution in [0.1, 0.15) is 25.3 Å². The van der Waals surface area contributed by atoms with E-state index in [9.17, 15) is 0 Å². The number of benzene rings is 1. The first-order chi connectivity index (χ1) is 9.08. The fourth-order valence-corrected chi connectivity index (χ4v) is 2.48. The minimum Gasteiger partial charge on any atom is -0.441 e. The van der Waals surface area contributed by atoms with Crippen LogP contribution < -0.4 is 5.32 Å². The van der Waals surface area contributed by atoms with E-state index in [1.165, 1.54) is 9.13 Å². The molecule has 3 nitrogen and oxygen atoms in total. The van der Waals surface area contributed by atoms with Crippen molar-refractivity contribution in [1.82, 2.24) is 10.3 Å². The summed E-state index contributed by atoms with van der Waals surface area (Å²) in [6, 6.07) is 6.72. The summed E-state index contributed by atoms with van der Waals surface area (Å²) in [5.74, 6) is 1.65. The van der Waals surface area contributed by atoms with Crippen molar-refractivity contribution in [2.45, 2.75) is 33.2 Å². The van der Waals surface area contributed by atoms with E-state index in [1.807, 2.05) is 6.20 Å². The highest BCUT2D eigenvalue weighted by Crippen LogP contribution is 2.28. The molecule has 1 aromatic carbocycles. The quantitative estimate of drug-likeness (QED) is 0.814. The molecule has 0 fully saturated rings. The van der Waals surface area contributed by atoms with E-state index in [1.54, 1.807) is 0 Å². The molecule has 1 heterocycles. The third kappa shape index (κ3) is 3.79. The predicted octanol–water partition coefficient (Wildman–Crippen LogP) is 3.80. The van der Waals surface area contributed by atoms with Gasteiger partial charge in [-0.1, -0.05) is 32.0 Å². The Hall–Kier alpha value is -0.880. The number of oxazole rings is 1. The van der Waals surface area contributed by atoms with Gasteiger partial charge in [0.15, 0.2) is 11.7 Å². The molecular weight excluding hydrogens is 351 g/mol. The number of aryl methyl sites for hydroxylation is 1. The van der Waals surface area contributed by atoms with Crippen LogP contribution in [0.2, 0.25) is 0 Å². The van der Waals surface area contributed by atoms with Gasteiger partial charge in [0.25, 0.3) is 0 Å². The van der Waals surface area contributed by atoms with Crippen LogP contribution in [0.5, 0.6) is 0 Å². The van der Waals surface area contributed by atoms with E-state index in [-0.39, 0.29) is 0 Å². The Morgan fingerprint density at radius 1 is 1.37 bits per heavy atom. The summed E-state index contributed by atoms with van der Waals surface area (Å²) in [6.07, 6.45) is 2.64. The lowest BCUT2D eigenvalue weighted by molar-refractivity contribution is 0.484. The monoisotopic (exact) mass is 370 g/mol. The topological polar surface area (TPSA) is 38.1 Å². The molecule has 0 unspecified atom stereocenters. The van der Waals surface area contributed by atoms with Crippen molar-refractivity contribution in [2.24, 2.45) is 0 Å². The van der Waals surface area contributed by atoms with Gasteiger partial charge >= 0.3 is 0 Å². The van der Waals surface area contributed by atoms with E-state index >= 15 is 0 Å². The molecule has 102 valence electrons. The van der Waals surface area contributed by atoms with E-state index in [4.69, 9.17) is 4.42 Å². The molecule has 4 heteroatoms. The van der Waals surface area contributed by atoms with Crippen LogP contribution in [-0.2, 0) is 6.42 Å². The van der Waals surface area contributed by atoms with Gasteiger partial charge in [0, 0.05) is 28.1 Å². The summed E-state index contributed by atoms with van der Waals surface area (Å²) < 4.78 is 7.06. The smallest absolute Gasteiger partial charge is 0.196 e. The van der Waals surface area contributed by atoms with Gasteiger partial charge in [-0.25, -0.2) is 4.98 Å². The molecule has 0 spiro atoms. The average molecular weight is 370 g/mol. The molecule has 0 aliphatic rings. The summed E-state index contributed by atoms with van der Waals surface area (Å²) in [5.41, 5.74) is 2.38. The Bertz CT molecular complexity index is 549. The Balaban J connectivity index is 2.10. The molecule has 0 saturated carbocycles. The third-order valence-corrected chi connectivity index (χ3v) is 4.33. The van der Waals surface area contributed by atoms with Crippen molar-refractivity contribution in [3.8, 4) is 11.3 Å². The molecule has 2 aromatic rings. The largest absolute Gasteiger partial charge is 0.441 e. The maximum absolute atomic E-state index is 5.83. The van der Waals surface area contributed by atoms with Gasteiger partial charge in [-0.15, -0.1) is 0 Å². The fraction of sp³-hybridized carbons (Fsp3) is 0.400. The highest BCUT2D eigenvalue weighted by atomic mass is 127. The lowest BCUT2D eigenvalue weighted by Crippen LogP contribution is -2.24. The SMILES string of the molecule is Cc1cccc(-c2cnc(CCNC(C)C)o2)c1I. The first-order valence-corrected chi connectivity index (χ1v) is 7.59. The van der Waals surface area contributed by atoms with Crippen LogP contribution in [-0.4, -0.2) is 17.6 Å². The van der Waals surface area contributed by atoms with Gasteiger partial charge < -0.3 is 9.73 Å². The number of rotatable bonds is 5. The maximum atomic E-state index is 5.83. The van der Waals surface area contributed by atoms with E-state index in [0.717, 1.165) is 30.2 Å². The van der Waals surface area contributed by atoms with Crippen molar-refractivity contribution in [1.29, 1.82) is 0 Å². The number of nitrogens with zero attached hydrogens (tertiary/aromatic N) is 1. The van der Waals surface area contributed by atoms with Crippen LogP contribution in [0.15, 0.2) is 28.8 Å². The predicted molar refractivity (Wildman–Crippen MR) is 86.2 cm³/mol. The van der Waals surface area contributed by atoms with Crippen LogP contribution in [0.4, 0.5) is 0 Å². The second kappa shape index (κ2) is 6.52. The van der Waals surface area contributed by atoms with Crippen molar-refractivity contribution in [2.75, 3.05) is 6.54 Å². The minimum atomic E-state index is 0.493. The summed E-state index contributed by atoms with van der Waals surface area (Å²) in [6.45, 7) is 7.27. The van der Waals surface area contributed by atoms with Crippen molar-refractivity contribution in [3.05, 3.63) is 39.4 Å². The Labute approximate surface area is 128 Å². The summed E-state index contributed by atoms with van der Waals surface area (Å²) >= 11 is 2.35. The number of aromatic nitrogens is 1. The Morgan fingerprint density at radius 3 is 2.89 bits per heavy atom. The molecule has 0 amide bonds. The normalized spacial score (nSPS) is 11.2. The molecule has 1 aromatic heterocycles. The van der Waals surface area contributed by atoms with Crippen LogP contribution in [0.25, 0.3) is 11.3 Å². The van der Waals surface area contributed by atoms with Gasteiger partial charge in [0.05, 0.1) is 6.20 Å². The molecule has 0 bridgehead atoms. The minimum absolute atomic E-state index is 0.493. The third-order valence-electron chi connectivity index (χ3n) is 2.90. The summed E-state index contributed by atoms with van der Waals surface area (Å²) in [5, 5.41) is 3.36. The van der Waals surface area contributed by atoms with Gasteiger partial charge in [-0.05, 0) is 35.1 Å². The van der Waals surface area contributed by atoms with Crippen molar-refractivity contribution in [3.63, 3.8) is 0 Å². The van der Waals surface area contributed by atoms with Gasteiger partial charge in [-0.3, -0.25) is 0 Å². The number of halogens is 1. The van der Waals surface area contributed by atoms with E-state index in [0.29, 0.717) is 6.04 Å². The van der Waals surface area contributed by atoms with Crippen LogP contribution >= 0.6 is 22.6 Å². The molecule has 19 heavy (non-hydrogen) atoms. The number of hydrogen-bond acceptors (Lipinski definition) is 3. The maximum Gasteiger partial charge on any atom is 0.196 e. The van der Waals surface area contributed by atoms with Crippen molar-refractivity contribution >= 4 is 22.6 Å². The van der Waals surface area contributed by atoms with Crippen molar-refractivity contribution < 1.29 is 4.42 Å². The number of hydrogen-bond donors (Lipinski definition) is 1. The lowest BCUT2D eigenvalue weighted by Gasteiger charge is -2.05. The zero-order valence-corrected chi connectivity index (χ0v) is 13.7. The lowest BCUT2D eigenvalue weighted by atomic mass is 10.1. The zero-order valence-electron chi connectivity index (χ0n) is 11.5. The molecule has 0 atom stereocenters. The van der Waals surface area contributed by atoms with Gasteiger partial charge in [-0.2, -0.15) is 0 Å². The average Bonchev–Trinajstić information content (AvgIpc) is 2.81. The van der Waals surface area contributed by atoms with Crippen LogP contribution in [0.3, 0.4) is 0 Å². The fourth-order valence-electron chi connectivity index (χ4n) is 1.86. The summed E-state index contributed by atoms with van der Waals surface area (Å²) in [7, 11) is 0. The molecular formula is C15H19IN2O. The summed E-state index contributed by atoms with van der Waals surface area (Å²) in [4.78, 5) is 4.35. The highest BCUT2D eigenvalue weighted by molar-refractivity contribution is 14.1. The first-order valence-electron chi connectivity index (χ1n) is 6.51. The molecule has 0 aliphatic carbocycles. The van der Waals surface area contributed by atoms with Crippen LogP contribution in [0, 0.1) is 10.5 Å². The van der Waals surface area contributed by atoms with E-state index < -0.39 is 0 Å². The second-order valence-corrected chi connectivity index (χ2v) is 5.99. The standard InChI is InChI=1S/C15H19IN2O/c1-10(2)17-8-7-14-18-9-13(19-14)12-6-4-5-11(3)15(12)16/h4-6,9-10,17H,7-8H2,1-3H3.